The van der Waals surface area contributed by atoms with Crippen LogP contribution >= 0.6 is 22.6 Å². The molecule has 46 heavy (non-hydrogen) atoms. The third-order valence-corrected chi connectivity index (χ3v) is 11.3. The van der Waals surface area contributed by atoms with Gasteiger partial charge in [-0.15, -0.1) is 0 Å². The molecule has 3 aliphatic heterocycles. The van der Waals surface area contributed by atoms with E-state index in [-0.39, 0.29) is 41.5 Å². The van der Waals surface area contributed by atoms with Gasteiger partial charge in [0, 0.05) is 25.7 Å². The normalized spacial score (nSPS) is 26.1. The fourth-order valence-electron chi connectivity index (χ4n) is 8.22. The maximum Gasteiger partial charge on any atom is 0.455 e. The molecule has 1 aliphatic carbocycles. The molecule has 0 saturated carbocycles. The van der Waals surface area contributed by atoms with Crippen LogP contribution in [-0.4, -0.2) is 71.2 Å². The molecule has 0 unspecified atom stereocenters. The number of halogens is 1. The van der Waals surface area contributed by atoms with Crippen molar-refractivity contribution in [3.05, 3.63) is 73.9 Å². The molecule has 2 amide bonds. The molecule has 8 nitrogen and oxygen atoms in total. The molecule has 0 bridgehead atoms. The summed E-state index contributed by atoms with van der Waals surface area (Å²) < 4.78 is 12.2. The molecule has 4 aliphatic rings. The fourth-order valence-corrected chi connectivity index (χ4v) is 8.84. The number of likely N-dealkylation sites (tertiary alicyclic amines) is 2. The van der Waals surface area contributed by atoms with Crippen LogP contribution in [0.5, 0.6) is 11.5 Å². The first-order valence-electron chi connectivity index (χ1n) is 16.6. The van der Waals surface area contributed by atoms with E-state index in [4.69, 9.17) is 9.39 Å². The van der Waals surface area contributed by atoms with E-state index in [2.05, 4.69) is 71.7 Å². The zero-order chi connectivity index (χ0) is 32.5. The summed E-state index contributed by atoms with van der Waals surface area (Å²) in [5.41, 5.74) is 5.69. The van der Waals surface area contributed by atoms with E-state index in [1.807, 2.05) is 18.2 Å². The van der Waals surface area contributed by atoms with Crippen molar-refractivity contribution in [1.29, 1.82) is 0 Å². The monoisotopic (exact) mass is 738 g/mol. The molecule has 3 fully saturated rings. The zero-order valence-electron chi connectivity index (χ0n) is 27.0. The number of hydrogen-bond donors (Lipinski definition) is 2. The highest BCUT2D eigenvalue weighted by Crippen LogP contribution is 2.51. The van der Waals surface area contributed by atoms with E-state index in [9.17, 15) is 19.7 Å². The molecule has 0 aromatic heterocycles. The van der Waals surface area contributed by atoms with E-state index in [1.54, 1.807) is 12.0 Å². The van der Waals surface area contributed by atoms with Crippen molar-refractivity contribution in [1.82, 2.24) is 9.80 Å². The first-order chi connectivity index (χ1) is 22.2. The Kier molecular flexibility index (Phi) is 10.3. The Morgan fingerprint density at radius 2 is 1.87 bits per heavy atom. The number of imide groups is 1. The summed E-state index contributed by atoms with van der Waals surface area (Å²) in [5, 5.41) is 21.1. The number of carbonyl (C=O) groups excluding carboxylic acids is 2. The van der Waals surface area contributed by atoms with Crippen LogP contribution < -0.4 is 4.74 Å². The number of allylic oxidation sites excluding steroid dienone is 2. The molecular weight excluding hydrogens is 694 g/mol. The summed E-state index contributed by atoms with van der Waals surface area (Å²) in [7, 11) is 0.574. The van der Waals surface area contributed by atoms with Gasteiger partial charge in [-0.05, 0) is 109 Å². The lowest BCUT2D eigenvalue weighted by molar-refractivity contribution is -0.144. The predicted octanol–water partition coefficient (Wildman–Crippen LogP) is 6.06. The van der Waals surface area contributed by atoms with Crippen LogP contribution in [0.15, 0.2) is 59.2 Å². The average molecular weight is 738 g/mol. The Bertz CT molecular complexity index is 1520. The number of phenolic OH excluding ortho intramolecular Hbond substituents is 1. The number of aromatic hydroxyl groups is 1. The van der Waals surface area contributed by atoms with Crippen molar-refractivity contribution in [3.8, 4) is 11.5 Å². The van der Waals surface area contributed by atoms with Gasteiger partial charge in [-0.25, -0.2) is 0 Å². The molecule has 3 heterocycles. The van der Waals surface area contributed by atoms with Gasteiger partial charge in [0.2, 0.25) is 11.8 Å². The Morgan fingerprint density at radius 1 is 1.13 bits per heavy atom. The van der Waals surface area contributed by atoms with Gasteiger partial charge in [-0.2, -0.15) is 0 Å². The number of phenols is 1. The zero-order valence-corrected chi connectivity index (χ0v) is 29.1. The van der Waals surface area contributed by atoms with Crippen molar-refractivity contribution in [2.45, 2.75) is 77.4 Å². The van der Waals surface area contributed by atoms with Crippen LogP contribution in [0.1, 0.15) is 63.5 Å². The van der Waals surface area contributed by atoms with Gasteiger partial charge < -0.3 is 19.5 Å². The number of ether oxygens (including phenoxy) is 1. The third kappa shape index (κ3) is 6.68. The first kappa shape index (κ1) is 33.2. The van der Waals surface area contributed by atoms with Gasteiger partial charge >= 0.3 is 7.12 Å². The molecule has 10 heteroatoms. The minimum Gasteiger partial charge on any atom is -0.504 e. The van der Waals surface area contributed by atoms with E-state index in [0.717, 1.165) is 65.6 Å². The van der Waals surface area contributed by atoms with E-state index in [0.29, 0.717) is 24.9 Å². The first-order valence-corrected chi connectivity index (χ1v) is 17.7. The molecule has 2 aromatic carbocycles. The number of amides is 2. The van der Waals surface area contributed by atoms with E-state index < -0.39 is 13.0 Å². The quantitative estimate of drug-likeness (QED) is 0.140. The van der Waals surface area contributed by atoms with Crippen molar-refractivity contribution in [2.24, 2.45) is 17.8 Å². The summed E-state index contributed by atoms with van der Waals surface area (Å²) in [6, 6.07) is 14.1. The lowest BCUT2D eigenvalue weighted by atomic mass is 9.58. The third-order valence-electron chi connectivity index (χ3n) is 10.5. The number of nitrogens with zero attached hydrogens (tertiary/aromatic N) is 2. The number of hydrogen-bond acceptors (Lipinski definition) is 7. The van der Waals surface area contributed by atoms with Gasteiger partial charge in [0.1, 0.15) is 0 Å². The van der Waals surface area contributed by atoms with Gasteiger partial charge in [-0.1, -0.05) is 54.5 Å². The second-order valence-corrected chi connectivity index (χ2v) is 14.4. The minimum atomic E-state index is -0.972. The van der Waals surface area contributed by atoms with Gasteiger partial charge in [0.15, 0.2) is 11.5 Å². The molecule has 0 radical (unpaired) electrons. The summed E-state index contributed by atoms with van der Waals surface area (Å²) in [6.45, 7) is 6.79. The topological polar surface area (TPSA) is 99.5 Å². The predicted molar refractivity (Wildman–Crippen MR) is 187 cm³/mol. The SMILES string of the molecule is CC/C(=C\c1cc(I)c(O)c(OC)c1)CC[C@H]1OB(O)C[C@H]2C1=C(C)C[C@H]1C(=O)N(C3CCN(Cc4ccccc4)CC3)C(=O)[C@H]12. The Hall–Kier alpha value is -2.67. The highest BCUT2D eigenvalue weighted by molar-refractivity contribution is 14.1. The van der Waals surface area contributed by atoms with Crippen molar-refractivity contribution < 1.29 is 29.1 Å². The van der Waals surface area contributed by atoms with Crippen LogP contribution in [0.2, 0.25) is 6.32 Å². The highest BCUT2D eigenvalue weighted by atomic mass is 127. The van der Waals surface area contributed by atoms with Crippen LogP contribution in [-0.2, 0) is 20.8 Å². The standard InChI is InChI=1S/C36H44BIN2O6/c1-4-23(17-25-18-29(38)34(41)31(19-25)45-3)10-11-30-32-22(2)16-27-33(28(32)20-37(44)46-30)36(43)40(35(27)42)26-12-14-39(15-13-26)21-24-8-6-5-7-9-24/h5-9,17-19,26-28,30,33,41,44H,4,10-16,20-21H2,1-3H3/b23-17+/t27-,28+,30-,33-/m1/s1. The van der Waals surface area contributed by atoms with Gasteiger partial charge in [0.05, 0.1) is 28.6 Å². The number of fused-ring (bicyclic) bond motifs is 3. The molecular formula is C36H44BIN2O6. The number of rotatable bonds is 9. The maximum absolute atomic E-state index is 14.1. The van der Waals surface area contributed by atoms with Crippen LogP contribution in [0.4, 0.5) is 0 Å². The number of benzene rings is 2. The van der Waals surface area contributed by atoms with Crippen LogP contribution in [0, 0.1) is 21.3 Å². The summed E-state index contributed by atoms with van der Waals surface area (Å²) in [6.07, 6.45) is 6.59. The van der Waals surface area contributed by atoms with Crippen molar-refractivity contribution >= 4 is 47.6 Å². The molecule has 2 N–H and O–H groups in total. The van der Waals surface area contributed by atoms with Crippen LogP contribution in [0.25, 0.3) is 6.08 Å². The highest BCUT2D eigenvalue weighted by Gasteiger charge is 2.58. The second kappa shape index (κ2) is 14.2. The Labute approximate surface area is 286 Å². The molecule has 2 aromatic rings. The lowest BCUT2D eigenvalue weighted by Crippen LogP contribution is -2.48. The van der Waals surface area contributed by atoms with Gasteiger partial charge in [0.25, 0.3) is 0 Å². The summed E-state index contributed by atoms with van der Waals surface area (Å²) in [4.78, 5) is 32.0. The van der Waals surface area contributed by atoms with E-state index in [1.165, 1.54) is 11.1 Å². The number of methoxy groups -OCH3 is 1. The Morgan fingerprint density at radius 3 is 2.57 bits per heavy atom. The van der Waals surface area contributed by atoms with E-state index >= 15 is 0 Å². The fraction of sp³-hybridized carbons (Fsp3) is 0.500. The molecule has 3 saturated heterocycles. The smallest absolute Gasteiger partial charge is 0.455 e. The maximum atomic E-state index is 14.1. The molecule has 6 rings (SSSR count). The number of carbonyl (C=O) groups is 2. The largest absolute Gasteiger partial charge is 0.504 e. The van der Waals surface area contributed by atoms with Crippen molar-refractivity contribution in [2.75, 3.05) is 20.2 Å². The Balaban J connectivity index is 1.15. The summed E-state index contributed by atoms with van der Waals surface area (Å²) >= 11 is 2.10. The number of piperidine rings is 1. The average Bonchev–Trinajstić information content (AvgIpc) is 3.30. The van der Waals surface area contributed by atoms with Crippen LogP contribution in [0.3, 0.4) is 0 Å². The summed E-state index contributed by atoms with van der Waals surface area (Å²) in [5.74, 6) is -0.472. The minimum absolute atomic E-state index is 0.0254. The molecule has 0 spiro atoms. The lowest BCUT2D eigenvalue weighted by Gasteiger charge is -2.42. The second-order valence-electron chi connectivity index (χ2n) is 13.3. The molecule has 244 valence electrons. The molecule has 4 atom stereocenters. The van der Waals surface area contributed by atoms with Gasteiger partial charge in [-0.3, -0.25) is 19.4 Å². The van der Waals surface area contributed by atoms with Crippen molar-refractivity contribution in [3.63, 3.8) is 0 Å².